The van der Waals surface area contributed by atoms with Crippen LogP contribution in [0, 0.1) is 5.82 Å². The lowest BCUT2D eigenvalue weighted by Crippen LogP contribution is -2.39. The lowest BCUT2D eigenvalue weighted by molar-refractivity contribution is 0.0527. The maximum atomic E-state index is 12.9. The summed E-state index contributed by atoms with van der Waals surface area (Å²) in [5, 5.41) is 9.09. The van der Waals surface area contributed by atoms with Crippen LogP contribution in [0.25, 0.3) is 0 Å². The average Bonchev–Trinajstić information content (AvgIpc) is 2.71. The van der Waals surface area contributed by atoms with E-state index in [1.165, 1.54) is 12.1 Å². The molecule has 2 rings (SSSR count). The largest absolute Gasteiger partial charge is 0.444 e. The number of rotatable bonds is 8. The Labute approximate surface area is 205 Å². The Balaban J connectivity index is 0.00000512. The van der Waals surface area contributed by atoms with E-state index in [0.717, 1.165) is 12.0 Å². The molecule has 0 fully saturated rings. The maximum absolute atomic E-state index is 12.9. The van der Waals surface area contributed by atoms with Gasteiger partial charge in [-0.05, 0) is 57.0 Å². The van der Waals surface area contributed by atoms with Gasteiger partial charge in [0, 0.05) is 38.9 Å². The number of carbonyl (C=O) groups excluding carboxylic acids is 1. The fourth-order valence-electron chi connectivity index (χ4n) is 2.41. The Kier molecular flexibility index (Phi) is 11.7. The number of benzene rings is 1. The monoisotopic (exact) mass is 559 g/mol. The minimum absolute atomic E-state index is 0. The Hall–Kier alpha value is -2.63. The van der Waals surface area contributed by atoms with Crippen LogP contribution in [0.2, 0.25) is 0 Å². The van der Waals surface area contributed by atoms with Crippen LogP contribution in [0.15, 0.2) is 47.6 Å². The Morgan fingerprint density at radius 1 is 1.06 bits per heavy atom. The molecule has 0 saturated heterocycles. The number of guanidine groups is 1. The number of amides is 1. The van der Waals surface area contributed by atoms with Crippen molar-refractivity contribution in [2.75, 3.05) is 20.1 Å². The highest BCUT2D eigenvalue weighted by Gasteiger charge is 2.15. The molecule has 1 aromatic carbocycles. The first-order chi connectivity index (χ1) is 14.7. The van der Waals surface area contributed by atoms with Crippen LogP contribution in [-0.4, -0.2) is 42.8 Å². The molecule has 10 heteroatoms. The van der Waals surface area contributed by atoms with Gasteiger partial charge < -0.3 is 25.4 Å². The van der Waals surface area contributed by atoms with Gasteiger partial charge in [0.05, 0.1) is 0 Å². The smallest absolute Gasteiger partial charge is 0.407 e. The van der Waals surface area contributed by atoms with E-state index in [1.54, 1.807) is 31.4 Å². The zero-order valence-corrected chi connectivity index (χ0v) is 21.1. The Bertz CT molecular complexity index is 855. The number of aliphatic imine (C=N–C) groups is 1. The summed E-state index contributed by atoms with van der Waals surface area (Å²) in [6.45, 7) is 7.14. The number of hydrogen-bond donors (Lipinski definition) is 3. The third-order valence-electron chi connectivity index (χ3n) is 3.83. The lowest BCUT2D eigenvalue weighted by atomic mass is 10.2. The van der Waals surface area contributed by atoms with Crippen LogP contribution in [0.3, 0.4) is 0 Å². The second kappa shape index (κ2) is 13.7. The number of aromatic nitrogens is 1. The summed E-state index contributed by atoms with van der Waals surface area (Å²) in [6, 6.07) is 9.39. The number of nitrogens with one attached hydrogen (secondary N) is 3. The number of pyridine rings is 1. The normalized spacial score (nSPS) is 11.2. The second-order valence-electron chi connectivity index (χ2n) is 7.70. The molecule has 0 aliphatic rings. The van der Waals surface area contributed by atoms with Crippen molar-refractivity contribution in [3.8, 4) is 11.6 Å². The van der Waals surface area contributed by atoms with Gasteiger partial charge in [-0.15, -0.1) is 24.0 Å². The summed E-state index contributed by atoms with van der Waals surface area (Å²) in [6.07, 6.45) is 2.00. The van der Waals surface area contributed by atoms with Gasteiger partial charge in [-0.3, -0.25) is 4.99 Å². The molecule has 8 nitrogen and oxygen atoms in total. The predicted molar refractivity (Wildman–Crippen MR) is 133 cm³/mol. The van der Waals surface area contributed by atoms with E-state index in [-0.39, 0.29) is 29.8 Å². The van der Waals surface area contributed by atoms with Crippen molar-refractivity contribution in [2.24, 2.45) is 4.99 Å². The Morgan fingerprint density at radius 3 is 2.34 bits per heavy atom. The highest BCUT2D eigenvalue weighted by molar-refractivity contribution is 14.0. The van der Waals surface area contributed by atoms with Crippen LogP contribution in [0.4, 0.5) is 9.18 Å². The van der Waals surface area contributed by atoms with E-state index in [9.17, 15) is 9.18 Å². The van der Waals surface area contributed by atoms with Gasteiger partial charge in [-0.25, -0.2) is 14.2 Å². The van der Waals surface area contributed by atoms with Crippen molar-refractivity contribution in [3.63, 3.8) is 0 Å². The van der Waals surface area contributed by atoms with Gasteiger partial charge in [-0.2, -0.15) is 0 Å². The van der Waals surface area contributed by atoms with Gasteiger partial charge in [0.25, 0.3) is 0 Å². The van der Waals surface area contributed by atoms with Crippen molar-refractivity contribution < 1.29 is 18.7 Å². The van der Waals surface area contributed by atoms with Crippen LogP contribution in [-0.2, 0) is 11.3 Å². The van der Waals surface area contributed by atoms with Crippen molar-refractivity contribution >= 4 is 36.0 Å². The molecular formula is C22H31FIN5O3. The first-order valence-corrected chi connectivity index (χ1v) is 10.0. The highest BCUT2D eigenvalue weighted by Crippen LogP contribution is 2.19. The van der Waals surface area contributed by atoms with E-state index in [0.29, 0.717) is 37.2 Å². The summed E-state index contributed by atoms with van der Waals surface area (Å²) < 4.78 is 23.7. The number of carbonyl (C=O) groups is 1. The average molecular weight is 559 g/mol. The van der Waals surface area contributed by atoms with Crippen molar-refractivity contribution in [1.82, 2.24) is 20.9 Å². The van der Waals surface area contributed by atoms with Gasteiger partial charge in [0.15, 0.2) is 5.96 Å². The van der Waals surface area contributed by atoms with Gasteiger partial charge in [0.1, 0.15) is 17.2 Å². The molecular weight excluding hydrogens is 528 g/mol. The highest BCUT2D eigenvalue weighted by atomic mass is 127. The predicted octanol–water partition coefficient (Wildman–Crippen LogP) is 4.21. The third kappa shape index (κ3) is 11.1. The summed E-state index contributed by atoms with van der Waals surface area (Å²) in [7, 11) is 1.69. The standard InChI is InChI=1S/C22H30FN5O3.HI/c1-22(2,3)31-21(29)26-13-5-12-25-20(24-4)28-15-16-6-11-19(27-14-16)30-18-9-7-17(23)8-10-18;/h6-11,14H,5,12-13,15H2,1-4H3,(H,26,29)(H2,24,25,28);1H. The molecule has 1 heterocycles. The molecule has 0 radical (unpaired) electrons. The molecule has 0 aliphatic heterocycles. The number of ether oxygens (including phenoxy) is 2. The molecule has 32 heavy (non-hydrogen) atoms. The van der Waals surface area contributed by atoms with E-state index in [4.69, 9.17) is 9.47 Å². The van der Waals surface area contributed by atoms with Crippen LogP contribution >= 0.6 is 24.0 Å². The van der Waals surface area contributed by atoms with Crippen molar-refractivity contribution in [2.45, 2.75) is 39.3 Å². The summed E-state index contributed by atoms with van der Waals surface area (Å²) >= 11 is 0. The number of nitrogens with zero attached hydrogens (tertiary/aromatic N) is 2. The molecule has 0 saturated carbocycles. The first kappa shape index (κ1) is 27.4. The zero-order chi connectivity index (χ0) is 22.7. The van der Waals surface area contributed by atoms with E-state index in [2.05, 4.69) is 25.9 Å². The van der Waals surface area contributed by atoms with Gasteiger partial charge >= 0.3 is 6.09 Å². The maximum Gasteiger partial charge on any atom is 0.407 e. The van der Waals surface area contributed by atoms with Crippen LogP contribution in [0.5, 0.6) is 11.6 Å². The van der Waals surface area contributed by atoms with Crippen molar-refractivity contribution in [1.29, 1.82) is 0 Å². The molecule has 0 atom stereocenters. The SMILES string of the molecule is CN=C(NCCCNC(=O)OC(C)(C)C)NCc1ccc(Oc2ccc(F)cc2)nc1.I. The molecule has 0 aliphatic carbocycles. The molecule has 0 unspecified atom stereocenters. The van der Waals surface area contributed by atoms with Gasteiger partial charge in [-0.1, -0.05) is 6.07 Å². The molecule has 1 amide bonds. The van der Waals surface area contributed by atoms with Crippen molar-refractivity contribution in [3.05, 3.63) is 54.0 Å². The van der Waals surface area contributed by atoms with Crippen LogP contribution in [0.1, 0.15) is 32.8 Å². The van der Waals surface area contributed by atoms with E-state index in [1.807, 2.05) is 26.8 Å². The lowest BCUT2D eigenvalue weighted by Gasteiger charge is -2.19. The molecule has 3 N–H and O–H groups in total. The minimum atomic E-state index is -0.506. The topological polar surface area (TPSA) is 96.9 Å². The first-order valence-electron chi connectivity index (χ1n) is 10.0. The van der Waals surface area contributed by atoms with Crippen LogP contribution < -0.4 is 20.7 Å². The fraction of sp³-hybridized carbons (Fsp3) is 0.409. The van der Waals surface area contributed by atoms with E-state index >= 15 is 0 Å². The fourth-order valence-corrected chi connectivity index (χ4v) is 2.41. The summed E-state index contributed by atoms with van der Waals surface area (Å²) in [5.74, 6) is 1.27. The van der Waals surface area contributed by atoms with E-state index < -0.39 is 11.7 Å². The molecule has 176 valence electrons. The number of hydrogen-bond acceptors (Lipinski definition) is 5. The Morgan fingerprint density at radius 2 is 1.75 bits per heavy atom. The minimum Gasteiger partial charge on any atom is -0.444 e. The molecule has 0 spiro atoms. The number of halogens is 2. The molecule has 0 bridgehead atoms. The van der Waals surface area contributed by atoms with Gasteiger partial charge in [0.2, 0.25) is 5.88 Å². The quantitative estimate of drug-likeness (QED) is 0.194. The second-order valence-corrected chi connectivity index (χ2v) is 7.70. The summed E-state index contributed by atoms with van der Waals surface area (Å²) in [4.78, 5) is 20.0. The molecule has 1 aromatic heterocycles. The summed E-state index contributed by atoms with van der Waals surface area (Å²) in [5.41, 5.74) is 0.440. The zero-order valence-electron chi connectivity index (χ0n) is 18.8. The third-order valence-corrected chi connectivity index (χ3v) is 3.83. The molecule has 2 aromatic rings. The number of alkyl carbamates (subject to hydrolysis) is 1.